The third kappa shape index (κ3) is 4.22. The summed E-state index contributed by atoms with van der Waals surface area (Å²) < 4.78 is 0. The highest BCUT2D eigenvalue weighted by Gasteiger charge is 2.31. The number of thioether (sulfide) groups is 1. The molecule has 2 N–H and O–H groups in total. The highest BCUT2D eigenvalue weighted by molar-refractivity contribution is 7.99. The summed E-state index contributed by atoms with van der Waals surface area (Å²) in [6.07, 6.45) is 6.35. The van der Waals surface area contributed by atoms with Crippen LogP contribution in [0.15, 0.2) is 0 Å². The number of hydrogen-bond donors (Lipinski definition) is 2. The van der Waals surface area contributed by atoms with Crippen molar-refractivity contribution in [2.45, 2.75) is 50.3 Å². The Labute approximate surface area is 107 Å². The van der Waals surface area contributed by atoms with Gasteiger partial charge in [0.2, 0.25) is 5.91 Å². The largest absolute Gasteiger partial charge is 0.481 e. The maximum Gasteiger partial charge on any atom is 0.308 e. The van der Waals surface area contributed by atoms with Crippen molar-refractivity contribution in [3.63, 3.8) is 0 Å². The topological polar surface area (TPSA) is 66.4 Å². The highest BCUT2D eigenvalue weighted by Crippen LogP contribution is 2.24. The van der Waals surface area contributed by atoms with E-state index in [0.717, 1.165) is 25.7 Å². The van der Waals surface area contributed by atoms with E-state index in [9.17, 15) is 14.7 Å². The van der Waals surface area contributed by atoms with E-state index < -0.39 is 11.9 Å². The number of aliphatic carboxylic acids is 1. The molecule has 17 heavy (non-hydrogen) atoms. The van der Waals surface area contributed by atoms with Gasteiger partial charge in [-0.25, -0.2) is 0 Å². The predicted octanol–water partition coefficient (Wildman–Crippen LogP) is 1.89. The molecule has 0 saturated heterocycles. The first-order chi connectivity index (χ1) is 8.06. The van der Waals surface area contributed by atoms with Crippen molar-refractivity contribution in [1.82, 2.24) is 5.32 Å². The Kier molecular flexibility index (Phi) is 5.82. The third-order valence-electron chi connectivity index (χ3n) is 3.38. The fraction of sp³-hybridized carbons (Fsp3) is 0.833. The van der Waals surface area contributed by atoms with Gasteiger partial charge < -0.3 is 10.4 Å². The predicted molar refractivity (Wildman–Crippen MR) is 69.1 cm³/mol. The number of nitrogens with one attached hydrogen (secondary N) is 1. The molecular weight excluding hydrogens is 238 g/mol. The zero-order chi connectivity index (χ0) is 12.8. The number of carbonyl (C=O) groups excluding carboxylic acids is 1. The van der Waals surface area contributed by atoms with E-state index in [1.165, 1.54) is 11.8 Å². The van der Waals surface area contributed by atoms with E-state index in [4.69, 9.17) is 0 Å². The summed E-state index contributed by atoms with van der Waals surface area (Å²) >= 11 is 1.48. The minimum Gasteiger partial charge on any atom is -0.481 e. The molecule has 0 aromatic carbocycles. The molecule has 1 aliphatic rings. The molecule has 0 aliphatic heterocycles. The molecule has 1 amide bonds. The van der Waals surface area contributed by atoms with Gasteiger partial charge >= 0.3 is 5.97 Å². The number of carboxylic acids is 1. The van der Waals surface area contributed by atoms with Crippen molar-refractivity contribution in [2.75, 3.05) is 6.26 Å². The van der Waals surface area contributed by atoms with Gasteiger partial charge in [0.05, 0.1) is 11.2 Å². The minimum atomic E-state index is -0.783. The van der Waals surface area contributed by atoms with Crippen LogP contribution in [0.4, 0.5) is 0 Å². The van der Waals surface area contributed by atoms with Crippen molar-refractivity contribution in [3.05, 3.63) is 0 Å². The molecule has 98 valence electrons. The Morgan fingerprint density at radius 3 is 2.53 bits per heavy atom. The lowest BCUT2D eigenvalue weighted by Gasteiger charge is -2.24. The number of amides is 1. The van der Waals surface area contributed by atoms with E-state index in [0.29, 0.717) is 6.42 Å². The lowest BCUT2D eigenvalue weighted by atomic mass is 9.95. The standard InChI is InChI=1S/C12H21NO3S/c1-8(17-2)11(14)13-10-7-5-3-4-6-9(10)12(15)16/h8-10H,3-7H2,1-2H3,(H,13,14)(H,15,16)/t8?,9-,10+/m1/s1. The number of carbonyl (C=O) groups is 2. The molecule has 0 bridgehead atoms. The third-order valence-corrected chi connectivity index (χ3v) is 4.30. The number of carboxylic acid groups (broad SMARTS) is 1. The zero-order valence-corrected chi connectivity index (χ0v) is 11.3. The summed E-state index contributed by atoms with van der Waals surface area (Å²) in [5.41, 5.74) is 0. The number of rotatable bonds is 4. The van der Waals surface area contributed by atoms with Crippen LogP contribution < -0.4 is 5.32 Å². The van der Waals surface area contributed by atoms with Crippen molar-refractivity contribution >= 4 is 23.6 Å². The van der Waals surface area contributed by atoms with E-state index >= 15 is 0 Å². The summed E-state index contributed by atoms with van der Waals surface area (Å²) in [6, 6.07) is -0.197. The zero-order valence-electron chi connectivity index (χ0n) is 10.4. The first kappa shape index (κ1) is 14.4. The van der Waals surface area contributed by atoms with Gasteiger partial charge in [-0.15, -0.1) is 0 Å². The van der Waals surface area contributed by atoms with Crippen molar-refractivity contribution < 1.29 is 14.7 Å². The molecule has 1 unspecified atom stereocenters. The molecule has 1 rings (SSSR count). The van der Waals surface area contributed by atoms with E-state index in [2.05, 4.69) is 5.32 Å². The summed E-state index contributed by atoms with van der Waals surface area (Å²) in [7, 11) is 0. The quantitative estimate of drug-likeness (QED) is 0.757. The minimum absolute atomic E-state index is 0.0457. The van der Waals surface area contributed by atoms with Gasteiger partial charge in [-0.05, 0) is 26.0 Å². The second-order valence-corrected chi connectivity index (χ2v) is 5.75. The second kappa shape index (κ2) is 6.89. The maximum atomic E-state index is 11.8. The maximum absolute atomic E-state index is 11.8. The van der Waals surface area contributed by atoms with Gasteiger partial charge in [0.1, 0.15) is 0 Å². The summed E-state index contributed by atoms with van der Waals surface area (Å²) in [5.74, 6) is -1.25. The molecule has 3 atom stereocenters. The summed E-state index contributed by atoms with van der Waals surface area (Å²) in [4.78, 5) is 23.0. The summed E-state index contributed by atoms with van der Waals surface area (Å²) in [6.45, 7) is 1.84. The molecule has 1 saturated carbocycles. The van der Waals surface area contributed by atoms with Gasteiger partial charge in [-0.1, -0.05) is 19.3 Å². The van der Waals surface area contributed by atoms with Crippen molar-refractivity contribution in [1.29, 1.82) is 0 Å². The average Bonchev–Trinajstić information content (AvgIpc) is 2.53. The van der Waals surface area contributed by atoms with E-state index in [1.807, 2.05) is 13.2 Å². The SMILES string of the molecule is CSC(C)C(=O)N[C@H]1CCCCC[C@H]1C(=O)O. The Bertz CT molecular complexity index is 283. The van der Waals surface area contributed by atoms with E-state index in [-0.39, 0.29) is 17.2 Å². The van der Waals surface area contributed by atoms with Crippen LogP contribution in [0.1, 0.15) is 39.0 Å². The molecule has 0 aromatic rings. The van der Waals surface area contributed by atoms with E-state index in [1.54, 1.807) is 0 Å². The van der Waals surface area contributed by atoms with Crippen LogP contribution >= 0.6 is 11.8 Å². The molecule has 0 spiro atoms. The van der Waals surface area contributed by atoms with Gasteiger partial charge in [0.15, 0.2) is 0 Å². The van der Waals surface area contributed by atoms with Crippen LogP contribution in [0.3, 0.4) is 0 Å². The van der Waals surface area contributed by atoms with Gasteiger partial charge in [0.25, 0.3) is 0 Å². The molecular formula is C12H21NO3S. The first-order valence-electron chi connectivity index (χ1n) is 6.12. The molecule has 1 fully saturated rings. The molecule has 1 aliphatic carbocycles. The Morgan fingerprint density at radius 2 is 1.94 bits per heavy atom. The molecule has 4 nitrogen and oxygen atoms in total. The normalized spacial score (nSPS) is 26.9. The van der Waals surface area contributed by atoms with Gasteiger partial charge in [-0.3, -0.25) is 9.59 Å². The summed E-state index contributed by atoms with van der Waals surface area (Å²) in [5, 5.41) is 12.0. The van der Waals surface area contributed by atoms with Crippen molar-refractivity contribution in [2.24, 2.45) is 5.92 Å². The van der Waals surface area contributed by atoms with Crippen LogP contribution in [-0.2, 0) is 9.59 Å². The van der Waals surface area contributed by atoms with Crippen LogP contribution in [0.5, 0.6) is 0 Å². The molecule has 0 radical (unpaired) electrons. The van der Waals surface area contributed by atoms with Gasteiger partial charge in [0, 0.05) is 6.04 Å². The van der Waals surface area contributed by atoms with Crippen LogP contribution in [0.25, 0.3) is 0 Å². The molecule has 5 heteroatoms. The monoisotopic (exact) mass is 259 g/mol. The Hall–Kier alpha value is -0.710. The first-order valence-corrected chi connectivity index (χ1v) is 7.41. The molecule has 0 aromatic heterocycles. The fourth-order valence-corrected chi connectivity index (χ4v) is 2.47. The second-order valence-electron chi connectivity index (χ2n) is 4.58. The lowest BCUT2D eigenvalue weighted by Crippen LogP contribution is -2.45. The average molecular weight is 259 g/mol. The lowest BCUT2D eigenvalue weighted by molar-refractivity contribution is -0.143. The van der Waals surface area contributed by atoms with Crippen LogP contribution in [0, 0.1) is 5.92 Å². The molecule has 0 heterocycles. The number of hydrogen-bond acceptors (Lipinski definition) is 3. The van der Waals surface area contributed by atoms with Crippen LogP contribution in [0.2, 0.25) is 0 Å². The van der Waals surface area contributed by atoms with Crippen LogP contribution in [-0.4, -0.2) is 34.5 Å². The van der Waals surface area contributed by atoms with Crippen molar-refractivity contribution in [3.8, 4) is 0 Å². The Balaban J connectivity index is 2.63. The Morgan fingerprint density at radius 1 is 1.29 bits per heavy atom. The highest BCUT2D eigenvalue weighted by atomic mass is 32.2. The van der Waals surface area contributed by atoms with Gasteiger partial charge in [-0.2, -0.15) is 11.8 Å². The smallest absolute Gasteiger partial charge is 0.308 e. The fourth-order valence-electron chi connectivity index (χ4n) is 2.18.